The van der Waals surface area contributed by atoms with Crippen molar-refractivity contribution in [1.29, 1.82) is 0 Å². The van der Waals surface area contributed by atoms with Crippen molar-refractivity contribution < 1.29 is 23.7 Å². The summed E-state index contributed by atoms with van der Waals surface area (Å²) in [5.41, 5.74) is 9.93. The van der Waals surface area contributed by atoms with Crippen LogP contribution in [0.2, 0.25) is 0 Å². The van der Waals surface area contributed by atoms with Crippen molar-refractivity contribution >= 4 is 17.0 Å². The zero-order valence-corrected chi connectivity index (χ0v) is 15.9. The van der Waals surface area contributed by atoms with Crippen molar-refractivity contribution in [2.45, 2.75) is 12.8 Å². The molecule has 27 heavy (non-hydrogen) atoms. The first-order valence-electron chi connectivity index (χ1n) is 8.54. The average molecular weight is 369 g/mol. The van der Waals surface area contributed by atoms with E-state index >= 15 is 0 Å². The van der Waals surface area contributed by atoms with Gasteiger partial charge >= 0.3 is 0 Å². The zero-order valence-electron chi connectivity index (χ0n) is 15.9. The number of fused-ring (bicyclic) bond motifs is 1. The summed E-state index contributed by atoms with van der Waals surface area (Å²) in [7, 11) is 6.28. The fourth-order valence-electron chi connectivity index (χ4n) is 3.40. The number of rotatable bonds is 5. The third-order valence-corrected chi connectivity index (χ3v) is 4.69. The van der Waals surface area contributed by atoms with E-state index in [0.29, 0.717) is 41.5 Å². The second-order valence-electron chi connectivity index (χ2n) is 6.15. The number of nitrogen functional groups attached to an aromatic ring is 1. The van der Waals surface area contributed by atoms with Crippen LogP contribution >= 0.6 is 0 Å². The summed E-state index contributed by atoms with van der Waals surface area (Å²) in [6, 6.07) is 7.35. The molecule has 0 radical (unpaired) electrons. The van der Waals surface area contributed by atoms with Gasteiger partial charge in [-0.3, -0.25) is 4.79 Å². The summed E-state index contributed by atoms with van der Waals surface area (Å²) < 4.78 is 21.8. The third kappa shape index (κ3) is 3.30. The Morgan fingerprint density at radius 2 is 1.56 bits per heavy atom. The van der Waals surface area contributed by atoms with Crippen molar-refractivity contribution in [2.75, 3.05) is 34.2 Å². The van der Waals surface area contributed by atoms with Crippen molar-refractivity contribution in [3.63, 3.8) is 0 Å². The van der Waals surface area contributed by atoms with E-state index in [4.69, 9.17) is 24.7 Å². The molecule has 0 saturated heterocycles. The van der Waals surface area contributed by atoms with Crippen LogP contribution in [0.15, 0.2) is 30.3 Å². The molecule has 6 nitrogen and oxygen atoms in total. The van der Waals surface area contributed by atoms with Gasteiger partial charge in [0.05, 0.1) is 34.1 Å². The van der Waals surface area contributed by atoms with Gasteiger partial charge in [-0.15, -0.1) is 0 Å². The number of ketones is 1. The highest BCUT2D eigenvalue weighted by Gasteiger charge is 2.26. The topological polar surface area (TPSA) is 80.0 Å². The molecule has 2 aromatic carbocycles. The first-order valence-corrected chi connectivity index (χ1v) is 8.54. The minimum Gasteiger partial charge on any atom is -0.495 e. The van der Waals surface area contributed by atoms with Gasteiger partial charge in [0.1, 0.15) is 5.75 Å². The minimum absolute atomic E-state index is 0.0376. The Labute approximate surface area is 158 Å². The number of ether oxygens (including phenoxy) is 4. The molecular weight excluding hydrogens is 346 g/mol. The molecule has 6 heteroatoms. The van der Waals surface area contributed by atoms with Crippen LogP contribution in [-0.2, 0) is 11.2 Å². The molecule has 0 unspecified atom stereocenters. The first kappa shape index (κ1) is 18.6. The molecule has 0 fully saturated rings. The standard InChI is InChI=1S/C21H23NO5/c1-24-18-8-5-12(9-17(18)22)15-10-13(23)6-7-14-16(15)11-19(25-2)21(27-4)20(14)26-3/h5,8-11H,6-7,22H2,1-4H3. The van der Waals surface area contributed by atoms with Crippen LogP contribution in [0.4, 0.5) is 5.69 Å². The molecule has 2 aromatic rings. The molecule has 0 aromatic heterocycles. The monoisotopic (exact) mass is 369 g/mol. The first-order chi connectivity index (χ1) is 13.0. The maximum absolute atomic E-state index is 12.4. The molecule has 0 heterocycles. The molecule has 1 aliphatic carbocycles. The highest BCUT2D eigenvalue weighted by atomic mass is 16.5. The Hall–Kier alpha value is -3.15. The molecular formula is C21H23NO5. The number of anilines is 1. The Balaban J connectivity index is 2.28. The maximum Gasteiger partial charge on any atom is 0.203 e. The van der Waals surface area contributed by atoms with Crippen LogP contribution in [0.5, 0.6) is 23.0 Å². The molecule has 0 saturated carbocycles. The van der Waals surface area contributed by atoms with Gasteiger partial charge in [0, 0.05) is 12.0 Å². The smallest absolute Gasteiger partial charge is 0.203 e. The molecule has 2 N–H and O–H groups in total. The van der Waals surface area contributed by atoms with Gasteiger partial charge in [-0.05, 0) is 47.4 Å². The van der Waals surface area contributed by atoms with Crippen LogP contribution in [0.25, 0.3) is 5.57 Å². The lowest BCUT2D eigenvalue weighted by molar-refractivity contribution is -0.114. The Kier molecular flexibility index (Phi) is 5.26. The predicted octanol–water partition coefficient (Wildman–Crippen LogP) is 3.25. The fourth-order valence-corrected chi connectivity index (χ4v) is 3.40. The molecule has 142 valence electrons. The number of hydrogen-bond donors (Lipinski definition) is 1. The van der Waals surface area contributed by atoms with Crippen LogP contribution in [0.3, 0.4) is 0 Å². The van der Waals surface area contributed by atoms with E-state index < -0.39 is 0 Å². The van der Waals surface area contributed by atoms with Crippen molar-refractivity contribution in [3.05, 3.63) is 47.0 Å². The van der Waals surface area contributed by atoms with E-state index in [2.05, 4.69) is 0 Å². The second kappa shape index (κ2) is 7.61. The second-order valence-corrected chi connectivity index (χ2v) is 6.15. The molecule has 1 aliphatic rings. The summed E-state index contributed by atoms with van der Waals surface area (Å²) in [5.74, 6) is 2.26. The number of benzene rings is 2. The molecule has 0 aliphatic heterocycles. The number of nitrogens with two attached hydrogens (primary N) is 1. The van der Waals surface area contributed by atoms with Crippen LogP contribution in [0, 0.1) is 0 Å². The lowest BCUT2D eigenvalue weighted by Gasteiger charge is -2.20. The Bertz CT molecular complexity index is 917. The normalized spacial score (nSPS) is 13.3. The number of carbonyl (C=O) groups excluding carboxylic acids is 1. The van der Waals surface area contributed by atoms with Crippen LogP contribution in [0.1, 0.15) is 23.1 Å². The Morgan fingerprint density at radius 1 is 0.852 bits per heavy atom. The van der Waals surface area contributed by atoms with Gasteiger partial charge in [-0.2, -0.15) is 0 Å². The molecule has 3 rings (SSSR count). The van der Waals surface area contributed by atoms with Crippen LogP contribution in [-0.4, -0.2) is 34.2 Å². The van der Waals surface area contributed by atoms with Crippen molar-refractivity contribution in [2.24, 2.45) is 0 Å². The zero-order chi connectivity index (χ0) is 19.6. The highest BCUT2D eigenvalue weighted by molar-refractivity contribution is 6.03. The number of carbonyl (C=O) groups is 1. The fraction of sp³-hybridized carbons (Fsp3) is 0.286. The molecule has 0 bridgehead atoms. The van der Waals surface area contributed by atoms with E-state index in [1.807, 2.05) is 12.1 Å². The predicted molar refractivity (Wildman–Crippen MR) is 104 cm³/mol. The summed E-state index contributed by atoms with van der Waals surface area (Å²) in [6.07, 6.45) is 2.58. The van der Waals surface area contributed by atoms with Gasteiger partial charge in [0.25, 0.3) is 0 Å². The summed E-state index contributed by atoms with van der Waals surface area (Å²) in [6.45, 7) is 0. The number of allylic oxidation sites excluding steroid dienone is 1. The third-order valence-electron chi connectivity index (χ3n) is 4.69. The summed E-state index contributed by atoms with van der Waals surface area (Å²) in [5, 5.41) is 0. The number of hydrogen-bond acceptors (Lipinski definition) is 6. The SMILES string of the molecule is COc1ccc(C2=CC(=O)CCc3c2cc(OC)c(OC)c3OC)cc1N. The average Bonchev–Trinajstić information content (AvgIpc) is 2.85. The van der Waals surface area contributed by atoms with E-state index in [1.165, 1.54) is 0 Å². The minimum atomic E-state index is 0.0376. The van der Waals surface area contributed by atoms with Gasteiger partial charge < -0.3 is 24.7 Å². The lowest BCUT2D eigenvalue weighted by Crippen LogP contribution is -2.03. The largest absolute Gasteiger partial charge is 0.495 e. The van der Waals surface area contributed by atoms with Crippen LogP contribution < -0.4 is 24.7 Å². The van der Waals surface area contributed by atoms with Gasteiger partial charge in [-0.1, -0.05) is 6.07 Å². The van der Waals surface area contributed by atoms with E-state index in [0.717, 1.165) is 22.3 Å². The quantitative estimate of drug-likeness (QED) is 0.815. The summed E-state index contributed by atoms with van der Waals surface area (Å²) >= 11 is 0. The molecule has 0 amide bonds. The van der Waals surface area contributed by atoms with E-state index in [1.54, 1.807) is 46.6 Å². The highest BCUT2D eigenvalue weighted by Crippen LogP contribution is 2.46. The van der Waals surface area contributed by atoms with E-state index in [-0.39, 0.29) is 5.78 Å². The molecule has 0 atom stereocenters. The Morgan fingerprint density at radius 3 is 2.15 bits per heavy atom. The van der Waals surface area contributed by atoms with Crippen molar-refractivity contribution in [3.8, 4) is 23.0 Å². The number of methoxy groups -OCH3 is 4. The van der Waals surface area contributed by atoms with Gasteiger partial charge in [-0.25, -0.2) is 0 Å². The molecule has 0 spiro atoms. The van der Waals surface area contributed by atoms with Gasteiger partial charge in [0.15, 0.2) is 17.3 Å². The van der Waals surface area contributed by atoms with Gasteiger partial charge in [0.2, 0.25) is 5.75 Å². The maximum atomic E-state index is 12.4. The van der Waals surface area contributed by atoms with E-state index in [9.17, 15) is 4.79 Å². The van der Waals surface area contributed by atoms with Crippen molar-refractivity contribution in [1.82, 2.24) is 0 Å². The summed E-state index contributed by atoms with van der Waals surface area (Å²) in [4.78, 5) is 12.4. The lowest BCUT2D eigenvalue weighted by atomic mass is 9.92.